The summed E-state index contributed by atoms with van der Waals surface area (Å²) in [5.41, 5.74) is 1.29. The van der Waals surface area contributed by atoms with Gasteiger partial charge in [0, 0.05) is 37.5 Å². The third kappa shape index (κ3) is 4.59. The van der Waals surface area contributed by atoms with Gasteiger partial charge in [-0.05, 0) is 49.9 Å². The van der Waals surface area contributed by atoms with Gasteiger partial charge in [0.25, 0.3) is 5.91 Å². The highest BCUT2D eigenvalue weighted by Gasteiger charge is 2.25. The van der Waals surface area contributed by atoms with E-state index in [2.05, 4.69) is 20.1 Å². The van der Waals surface area contributed by atoms with Gasteiger partial charge in [0.1, 0.15) is 11.4 Å². The molecule has 1 saturated heterocycles. The molecule has 0 spiro atoms. The van der Waals surface area contributed by atoms with Crippen molar-refractivity contribution in [3.8, 4) is 17.3 Å². The molecular weight excluding hydrogens is 370 g/mol. The summed E-state index contributed by atoms with van der Waals surface area (Å²) in [7, 11) is 0. The highest BCUT2D eigenvalue weighted by Crippen LogP contribution is 2.24. The summed E-state index contributed by atoms with van der Waals surface area (Å²) < 4.78 is 10.8. The standard InChI is InChI=1S/C21H23N5O3/c1-2-28-17-5-3-16(4-6-17)21(27)26-11-7-15(8-12-26)13-19-24-20(25-29-19)18-14-22-9-10-23-18/h3-6,9-10,14-15H,2,7-8,11-13H2,1H3. The molecule has 8 heteroatoms. The van der Waals surface area contributed by atoms with E-state index in [9.17, 15) is 4.79 Å². The summed E-state index contributed by atoms with van der Waals surface area (Å²) >= 11 is 0. The van der Waals surface area contributed by atoms with Crippen LogP contribution in [-0.2, 0) is 6.42 Å². The predicted octanol–water partition coefficient (Wildman–Crippen LogP) is 3.02. The summed E-state index contributed by atoms with van der Waals surface area (Å²) in [4.78, 5) is 27.3. The van der Waals surface area contributed by atoms with Crippen molar-refractivity contribution >= 4 is 5.91 Å². The van der Waals surface area contributed by atoms with Gasteiger partial charge < -0.3 is 14.2 Å². The van der Waals surface area contributed by atoms with Crippen LogP contribution in [0.4, 0.5) is 0 Å². The molecule has 0 bridgehead atoms. The van der Waals surface area contributed by atoms with Gasteiger partial charge in [-0.1, -0.05) is 5.16 Å². The van der Waals surface area contributed by atoms with Crippen LogP contribution in [0.15, 0.2) is 47.4 Å². The molecule has 3 heterocycles. The first-order valence-electron chi connectivity index (χ1n) is 9.84. The van der Waals surface area contributed by atoms with Crippen LogP contribution >= 0.6 is 0 Å². The molecule has 0 N–H and O–H groups in total. The smallest absolute Gasteiger partial charge is 0.253 e. The van der Waals surface area contributed by atoms with E-state index in [1.807, 2.05) is 36.1 Å². The van der Waals surface area contributed by atoms with Crippen molar-refractivity contribution in [3.63, 3.8) is 0 Å². The number of aromatic nitrogens is 4. The Hall–Kier alpha value is -3.29. The fraction of sp³-hybridized carbons (Fsp3) is 0.381. The zero-order valence-corrected chi connectivity index (χ0v) is 16.3. The fourth-order valence-corrected chi connectivity index (χ4v) is 3.49. The van der Waals surface area contributed by atoms with E-state index in [0.29, 0.717) is 41.9 Å². The Balaban J connectivity index is 1.30. The Morgan fingerprint density at radius 2 is 2.00 bits per heavy atom. The molecule has 0 atom stereocenters. The molecule has 3 aromatic rings. The minimum Gasteiger partial charge on any atom is -0.494 e. The first-order valence-corrected chi connectivity index (χ1v) is 9.84. The highest BCUT2D eigenvalue weighted by molar-refractivity contribution is 5.94. The summed E-state index contributed by atoms with van der Waals surface area (Å²) in [5, 5.41) is 3.99. The maximum absolute atomic E-state index is 12.7. The first-order chi connectivity index (χ1) is 14.2. The predicted molar refractivity (Wildman–Crippen MR) is 105 cm³/mol. The van der Waals surface area contributed by atoms with Crippen LogP contribution in [0.25, 0.3) is 11.5 Å². The van der Waals surface area contributed by atoms with E-state index in [1.165, 1.54) is 0 Å². The Bertz CT molecular complexity index is 934. The zero-order valence-electron chi connectivity index (χ0n) is 16.3. The minimum absolute atomic E-state index is 0.0641. The molecule has 1 aliphatic rings. The molecule has 0 unspecified atom stereocenters. The van der Waals surface area contributed by atoms with Crippen molar-refractivity contribution in [1.29, 1.82) is 0 Å². The molecule has 1 fully saturated rings. The monoisotopic (exact) mass is 393 g/mol. The number of ether oxygens (including phenoxy) is 1. The van der Waals surface area contributed by atoms with E-state index < -0.39 is 0 Å². The van der Waals surface area contributed by atoms with Gasteiger partial charge >= 0.3 is 0 Å². The van der Waals surface area contributed by atoms with E-state index >= 15 is 0 Å². The van der Waals surface area contributed by atoms with Gasteiger partial charge in [0.2, 0.25) is 11.7 Å². The quantitative estimate of drug-likeness (QED) is 0.635. The summed E-state index contributed by atoms with van der Waals surface area (Å²) in [6, 6.07) is 7.33. The maximum Gasteiger partial charge on any atom is 0.253 e. The number of carbonyl (C=O) groups excluding carboxylic acids is 1. The van der Waals surface area contributed by atoms with Gasteiger partial charge in [0.05, 0.1) is 12.8 Å². The number of nitrogens with zero attached hydrogens (tertiary/aromatic N) is 5. The second kappa shape index (κ2) is 8.81. The third-order valence-electron chi connectivity index (χ3n) is 5.04. The molecule has 1 aliphatic heterocycles. The van der Waals surface area contributed by atoms with Crippen molar-refractivity contribution in [1.82, 2.24) is 25.0 Å². The first kappa shape index (κ1) is 19.0. The summed E-state index contributed by atoms with van der Waals surface area (Å²) in [6.45, 7) is 4.00. The van der Waals surface area contributed by atoms with Gasteiger partial charge in [-0.25, -0.2) is 4.98 Å². The lowest BCUT2D eigenvalue weighted by molar-refractivity contribution is 0.0687. The molecule has 2 aromatic heterocycles. The van der Waals surface area contributed by atoms with Crippen molar-refractivity contribution in [2.45, 2.75) is 26.2 Å². The molecule has 4 rings (SSSR count). The highest BCUT2D eigenvalue weighted by atomic mass is 16.5. The second-order valence-corrected chi connectivity index (χ2v) is 7.00. The van der Waals surface area contributed by atoms with Crippen molar-refractivity contribution < 1.29 is 14.1 Å². The van der Waals surface area contributed by atoms with Gasteiger partial charge in [-0.15, -0.1) is 0 Å². The van der Waals surface area contributed by atoms with Crippen LogP contribution in [0.2, 0.25) is 0 Å². The van der Waals surface area contributed by atoms with Crippen LogP contribution in [0, 0.1) is 5.92 Å². The van der Waals surface area contributed by atoms with Crippen LogP contribution in [0.5, 0.6) is 5.75 Å². The fourth-order valence-electron chi connectivity index (χ4n) is 3.49. The van der Waals surface area contributed by atoms with Crippen molar-refractivity contribution in [3.05, 3.63) is 54.3 Å². The van der Waals surface area contributed by atoms with E-state index in [4.69, 9.17) is 9.26 Å². The lowest BCUT2D eigenvalue weighted by Crippen LogP contribution is -2.38. The topological polar surface area (TPSA) is 94.2 Å². The van der Waals surface area contributed by atoms with Crippen LogP contribution in [0.3, 0.4) is 0 Å². The van der Waals surface area contributed by atoms with Crippen LogP contribution < -0.4 is 4.74 Å². The Labute approximate surface area is 168 Å². The molecule has 1 amide bonds. The number of rotatable bonds is 6. The Morgan fingerprint density at radius 3 is 2.69 bits per heavy atom. The average Bonchev–Trinajstić information content (AvgIpc) is 3.24. The largest absolute Gasteiger partial charge is 0.494 e. The van der Waals surface area contributed by atoms with Crippen molar-refractivity contribution in [2.75, 3.05) is 19.7 Å². The number of amides is 1. The third-order valence-corrected chi connectivity index (χ3v) is 5.04. The molecule has 0 saturated carbocycles. The van der Waals surface area contributed by atoms with Gasteiger partial charge in [-0.2, -0.15) is 4.98 Å². The molecule has 150 valence electrons. The molecular formula is C21H23N5O3. The number of piperidine rings is 1. The van der Waals surface area contributed by atoms with Gasteiger partial charge in [-0.3, -0.25) is 9.78 Å². The number of carbonyl (C=O) groups is 1. The summed E-state index contributed by atoms with van der Waals surface area (Å²) in [5.74, 6) is 2.31. The normalized spacial score (nSPS) is 14.7. The lowest BCUT2D eigenvalue weighted by Gasteiger charge is -2.31. The summed E-state index contributed by atoms with van der Waals surface area (Å²) in [6.07, 6.45) is 7.34. The number of benzene rings is 1. The van der Waals surface area contributed by atoms with Crippen molar-refractivity contribution in [2.24, 2.45) is 5.92 Å². The van der Waals surface area contributed by atoms with Gasteiger partial charge in [0.15, 0.2) is 0 Å². The molecule has 0 aliphatic carbocycles. The number of hydrogen-bond acceptors (Lipinski definition) is 7. The second-order valence-electron chi connectivity index (χ2n) is 7.00. The van der Waals surface area contributed by atoms with Crippen LogP contribution in [0.1, 0.15) is 36.0 Å². The minimum atomic E-state index is 0.0641. The Kier molecular flexibility index (Phi) is 5.79. The molecule has 29 heavy (non-hydrogen) atoms. The number of likely N-dealkylation sites (tertiary alicyclic amines) is 1. The van der Waals surface area contributed by atoms with E-state index in [1.54, 1.807) is 18.6 Å². The molecule has 1 aromatic carbocycles. The van der Waals surface area contributed by atoms with E-state index in [-0.39, 0.29) is 5.91 Å². The van der Waals surface area contributed by atoms with E-state index in [0.717, 1.165) is 31.7 Å². The SMILES string of the molecule is CCOc1ccc(C(=O)N2CCC(Cc3nc(-c4cnccn4)no3)CC2)cc1. The van der Waals surface area contributed by atoms with Crippen LogP contribution in [-0.4, -0.2) is 50.6 Å². The Morgan fingerprint density at radius 1 is 1.21 bits per heavy atom. The average molecular weight is 393 g/mol. The maximum atomic E-state index is 12.7. The lowest BCUT2D eigenvalue weighted by atomic mass is 9.93. The zero-order chi connectivity index (χ0) is 20.1. The molecule has 8 nitrogen and oxygen atoms in total. The number of hydrogen-bond donors (Lipinski definition) is 0. The molecule has 0 radical (unpaired) electrons.